The molecule has 1 saturated heterocycles. The van der Waals surface area contributed by atoms with E-state index >= 15 is 4.39 Å². The average molecular weight is 715 g/mol. The maximum Gasteiger partial charge on any atom is 0.578 e. The summed E-state index contributed by atoms with van der Waals surface area (Å²) >= 11 is -2.30. The number of thioether (sulfide) groups is 1. The first-order valence-corrected chi connectivity index (χ1v) is 15.7. The molecule has 1 aromatic heterocycles. The Morgan fingerprint density at radius 3 is 2.48 bits per heavy atom. The van der Waals surface area contributed by atoms with Crippen molar-refractivity contribution in [3.05, 3.63) is 78.4 Å². The van der Waals surface area contributed by atoms with Crippen LogP contribution in [0.25, 0.3) is 17.1 Å². The Hall–Kier alpha value is -4.62. The molecule has 0 saturated carbocycles. The van der Waals surface area contributed by atoms with Gasteiger partial charge in [0.2, 0.25) is 5.91 Å². The molecule has 1 aliphatic rings. The maximum absolute atomic E-state index is 15.0. The van der Waals surface area contributed by atoms with Crippen molar-refractivity contribution in [2.45, 2.75) is 29.9 Å². The smallest absolute Gasteiger partial charge is 0.578 e. The molecule has 10 nitrogen and oxygen atoms in total. The van der Waals surface area contributed by atoms with Crippen LogP contribution in [-0.4, -0.2) is 60.5 Å². The average Bonchev–Trinajstić information content (AvgIpc) is 3.64. The number of halogens is 7. The fourth-order valence-electron chi connectivity index (χ4n) is 4.24. The van der Waals surface area contributed by atoms with Crippen molar-refractivity contribution in [1.82, 2.24) is 14.8 Å². The summed E-state index contributed by atoms with van der Waals surface area (Å²) in [7, 11) is 0. The van der Waals surface area contributed by atoms with Crippen LogP contribution in [0.4, 0.5) is 46.9 Å². The number of aliphatic imine (C=N–C) groups is 1. The number of hydrogen-bond donors (Lipinski definition) is 1. The molecule has 1 atom stereocenters. The van der Waals surface area contributed by atoms with Gasteiger partial charge in [0.05, 0.1) is 47.0 Å². The fourth-order valence-corrected chi connectivity index (χ4v) is 5.75. The number of nitrogens with one attached hydrogen (secondary N) is 1. The lowest BCUT2D eigenvalue weighted by molar-refractivity contribution is -0.139. The van der Waals surface area contributed by atoms with Crippen molar-refractivity contribution in [3.8, 4) is 22.8 Å². The third kappa shape index (κ3) is 8.26. The van der Waals surface area contributed by atoms with Gasteiger partial charge in [-0.2, -0.15) is 18.2 Å². The monoisotopic (exact) mass is 714 g/mol. The minimum atomic E-state index is -4.91. The van der Waals surface area contributed by atoms with Gasteiger partial charge in [0.15, 0.2) is 15.9 Å². The number of alkyl halides is 6. The molecule has 3 amide bonds. The highest BCUT2D eigenvalue weighted by Gasteiger charge is 2.46. The Bertz CT molecular complexity index is 1870. The summed E-state index contributed by atoms with van der Waals surface area (Å²) < 4.78 is 109. The molecule has 1 fully saturated rings. The number of amides is 3. The number of amidine groups is 1. The van der Waals surface area contributed by atoms with Crippen LogP contribution in [-0.2, 0) is 16.0 Å². The molecule has 4 aromatic rings. The molecule has 252 valence electrons. The SMILES string of the molecule is Cc1ccc(OCCC(F)(F)F)c(N2C(=O)CS/C2=N\C(=O)Nc2ccc(-c3ncn(-c4ccc([S+]([O-])C(F)(F)F)cc4)n3)cc2F)c1. The molecule has 19 heteroatoms. The summed E-state index contributed by atoms with van der Waals surface area (Å²) in [5.41, 5.74) is -3.97. The first-order valence-electron chi connectivity index (χ1n) is 13.6. The molecule has 0 bridgehead atoms. The molecular formula is C29H21F7N6O4S2. The molecular weight excluding hydrogens is 693 g/mol. The van der Waals surface area contributed by atoms with Gasteiger partial charge < -0.3 is 14.6 Å². The second-order valence-electron chi connectivity index (χ2n) is 9.94. The van der Waals surface area contributed by atoms with E-state index in [2.05, 4.69) is 20.4 Å². The first-order chi connectivity index (χ1) is 22.6. The number of carbonyl (C=O) groups excluding carboxylic acids is 2. The van der Waals surface area contributed by atoms with Gasteiger partial charge in [0.25, 0.3) is 0 Å². The third-order valence-electron chi connectivity index (χ3n) is 6.45. The number of benzene rings is 3. The summed E-state index contributed by atoms with van der Waals surface area (Å²) in [6.07, 6.45) is -4.44. The van der Waals surface area contributed by atoms with E-state index in [1.54, 1.807) is 13.0 Å². The highest BCUT2D eigenvalue weighted by molar-refractivity contribution is 8.15. The second-order valence-corrected chi connectivity index (χ2v) is 12.4. The quantitative estimate of drug-likeness (QED) is 0.154. The van der Waals surface area contributed by atoms with Crippen LogP contribution in [0.2, 0.25) is 0 Å². The molecule has 1 aliphatic heterocycles. The molecule has 1 unspecified atom stereocenters. The Balaban J connectivity index is 1.29. The molecule has 0 aliphatic carbocycles. The summed E-state index contributed by atoms with van der Waals surface area (Å²) in [6.45, 7) is 0.990. The number of ether oxygens (including phenoxy) is 1. The van der Waals surface area contributed by atoms with Crippen molar-refractivity contribution in [3.63, 3.8) is 0 Å². The number of aryl methyl sites for hydroxylation is 1. The van der Waals surface area contributed by atoms with E-state index in [0.717, 1.165) is 34.9 Å². The number of carbonyl (C=O) groups is 2. The van der Waals surface area contributed by atoms with E-state index in [1.165, 1.54) is 47.4 Å². The van der Waals surface area contributed by atoms with Crippen LogP contribution in [0.5, 0.6) is 5.75 Å². The normalized spacial score (nSPS) is 15.2. The summed E-state index contributed by atoms with van der Waals surface area (Å²) in [6, 6.07) is 11.6. The van der Waals surface area contributed by atoms with Crippen LogP contribution in [0.15, 0.2) is 76.9 Å². The van der Waals surface area contributed by atoms with Crippen molar-refractivity contribution in [2.75, 3.05) is 22.6 Å². The van der Waals surface area contributed by atoms with Crippen LogP contribution >= 0.6 is 11.8 Å². The number of hydrogen-bond acceptors (Lipinski definition) is 7. The molecule has 1 N–H and O–H groups in total. The van der Waals surface area contributed by atoms with Gasteiger partial charge in [-0.3, -0.25) is 9.69 Å². The fraction of sp³-hybridized carbons (Fsp3) is 0.207. The van der Waals surface area contributed by atoms with Crippen molar-refractivity contribution in [2.24, 2.45) is 4.99 Å². The Morgan fingerprint density at radius 1 is 1.08 bits per heavy atom. The molecule has 48 heavy (non-hydrogen) atoms. The molecule has 5 rings (SSSR count). The van der Waals surface area contributed by atoms with Gasteiger partial charge in [-0.05, 0) is 67.1 Å². The number of urea groups is 1. The number of aromatic nitrogens is 3. The lowest BCUT2D eigenvalue weighted by Gasteiger charge is -2.20. The number of rotatable bonds is 8. The number of anilines is 2. The highest BCUT2D eigenvalue weighted by atomic mass is 32.2. The Kier molecular flexibility index (Phi) is 10.0. The first kappa shape index (κ1) is 34.7. The van der Waals surface area contributed by atoms with Gasteiger partial charge in [-0.1, -0.05) is 17.8 Å². The van der Waals surface area contributed by atoms with Crippen molar-refractivity contribution < 1.29 is 49.6 Å². The van der Waals surface area contributed by atoms with Crippen LogP contribution in [0.3, 0.4) is 0 Å². The van der Waals surface area contributed by atoms with Crippen LogP contribution < -0.4 is 15.0 Å². The van der Waals surface area contributed by atoms with Gasteiger partial charge in [0.1, 0.15) is 17.9 Å². The molecule has 2 heterocycles. The van der Waals surface area contributed by atoms with Gasteiger partial charge >= 0.3 is 17.7 Å². The minimum Gasteiger partial charge on any atom is -0.604 e. The van der Waals surface area contributed by atoms with Gasteiger partial charge in [-0.25, -0.2) is 18.9 Å². The number of nitrogens with zero attached hydrogens (tertiary/aromatic N) is 5. The van der Waals surface area contributed by atoms with E-state index < -0.39 is 58.5 Å². The Labute approximate surface area is 274 Å². The summed E-state index contributed by atoms with van der Waals surface area (Å²) in [5, 5.41) is 6.36. The van der Waals surface area contributed by atoms with Crippen LogP contribution in [0.1, 0.15) is 12.0 Å². The van der Waals surface area contributed by atoms with Crippen molar-refractivity contribution >= 4 is 51.4 Å². The van der Waals surface area contributed by atoms with E-state index in [0.29, 0.717) is 11.3 Å². The van der Waals surface area contributed by atoms with E-state index in [-0.39, 0.29) is 39.4 Å². The lowest BCUT2D eigenvalue weighted by atomic mass is 10.2. The summed E-state index contributed by atoms with van der Waals surface area (Å²) in [4.78, 5) is 34.1. The van der Waals surface area contributed by atoms with Gasteiger partial charge in [0, 0.05) is 5.56 Å². The zero-order valence-electron chi connectivity index (χ0n) is 24.3. The van der Waals surface area contributed by atoms with Crippen LogP contribution in [0, 0.1) is 12.7 Å². The second kappa shape index (κ2) is 13.9. The van der Waals surface area contributed by atoms with E-state index in [4.69, 9.17) is 4.74 Å². The maximum atomic E-state index is 15.0. The summed E-state index contributed by atoms with van der Waals surface area (Å²) in [5.74, 6) is -1.52. The zero-order chi connectivity index (χ0) is 34.8. The van der Waals surface area contributed by atoms with Crippen molar-refractivity contribution in [1.29, 1.82) is 0 Å². The lowest BCUT2D eigenvalue weighted by Crippen LogP contribution is -2.31. The molecule has 3 aromatic carbocycles. The topological polar surface area (TPSA) is 125 Å². The highest BCUT2D eigenvalue weighted by Crippen LogP contribution is 2.36. The van der Waals surface area contributed by atoms with Gasteiger partial charge in [-0.15, -0.1) is 18.3 Å². The predicted octanol–water partition coefficient (Wildman–Crippen LogP) is 7.01. The van der Waals surface area contributed by atoms with E-state index in [1.807, 2.05) is 0 Å². The predicted molar refractivity (Wildman–Crippen MR) is 163 cm³/mol. The standard InChI is InChI=1S/C29H21F7N6O4S2/c1-16-2-9-23(46-11-10-28(31,32)33)22(12-16)42-24(43)14-47-27(42)39-26(44)38-21-8-3-17(13-20(21)30)25-37-15-41(40-25)18-4-6-19(7-5-18)48(45)29(34,35)36/h2-9,12-13,15H,10-11,14H2,1H3,(H,38,44)/b39-27-. The minimum absolute atomic E-state index is 0.0265. The molecule has 0 radical (unpaired) electrons. The van der Waals surface area contributed by atoms with E-state index in [9.17, 15) is 40.5 Å². The largest absolute Gasteiger partial charge is 0.604 e. The third-order valence-corrected chi connectivity index (χ3v) is 8.49. The zero-order valence-corrected chi connectivity index (χ0v) is 25.9. The molecule has 0 spiro atoms. The Morgan fingerprint density at radius 2 is 1.81 bits per heavy atom.